The Hall–Kier alpha value is -2.01. The van der Waals surface area contributed by atoms with Crippen LogP contribution >= 0.6 is 0 Å². The minimum atomic E-state index is -3.63. The molecule has 0 amide bonds. The van der Waals surface area contributed by atoms with Crippen LogP contribution in [0, 0.1) is 6.92 Å². The van der Waals surface area contributed by atoms with Crippen molar-refractivity contribution in [2.75, 3.05) is 11.5 Å². The van der Waals surface area contributed by atoms with Gasteiger partial charge in [-0.3, -0.25) is 0 Å². The Morgan fingerprint density at radius 1 is 1.00 bits per heavy atom. The summed E-state index contributed by atoms with van der Waals surface area (Å²) in [7, 11) is -3.63. The van der Waals surface area contributed by atoms with Gasteiger partial charge in [-0.15, -0.1) is 0 Å². The number of benzene rings is 2. The van der Waals surface area contributed by atoms with Crippen LogP contribution in [0.4, 0.5) is 11.4 Å². The fourth-order valence-corrected chi connectivity index (χ4v) is 3.50. The van der Waals surface area contributed by atoms with Gasteiger partial charge in [-0.1, -0.05) is 18.2 Å². The molecule has 0 atom stereocenters. The van der Waals surface area contributed by atoms with Gasteiger partial charge in [0.1, 0.15) is 0 Å². The zero-order chi connectivity index (χ0) is 13.3. The van der Waals surface area contributed by atoms with E-state index in [2.05, 4.69) is 0 Å². The molecule has 0 bridgehead atoms. The number of nitrogens with two attached hydrogens (primary N) is 2. The van der Waals surface area contributed by atoms with Gasteiger partial charge in [0.15, 0.2) is 0 Å². The summed E-state index contributed by atoms with van der Waals surface area (Å²) in [6, 6.07) is 11.2. The Labute approximate surface area is 106 Å². The summed E-state index contributed by atoms with van der Waals surface area (Å²) in [6.07, 6.45) is 0. The van der Waals surface area contributed by atoms with Crippen molar-refractivity contribution in [1.29, 1.82) is 0 Å². The van der Waals surface area contributed by atoms with Crippen LogP contribution in [-0.2, 0) is 9.84 Å². The molecule has 0 aliphatic carbocycles. The molecule has 5 heteroatoms. The van der Waals surface area contributed by atoms with Crippen LogP contribution < -0.4 is 11.5 Å². The lowest BCUT2D eigenvalue weighted by atomic mass is 10.2. The molecule has 0 saturated carbocycles. The Morgan fingerprint density at radius 2 is 1.67 bits per heavy atom. The van der Waals surface area contributed by atoms with Crippen LogP contribution in [0.1, 0.15) is 5.56 Å². The summed E-state index contributed by atoms with van der Waals surface area (Å²) in [5.74, 6) is 0. The molecule has 4 N–H and O–H groups in total. The van der Waals surface area contributed by atoms with Crippen LogP contribution in [0.25, 0.3) is 0 Å². The van der Waals surface area contributed by atoms with E-state index in [0.717, 1.165) is 0 Å². The molecule has 18 heavy (non-hydrogen) atoms. The highest BCUT2D eigenvalue weighted by molar-refractivity contribution is 7.91. The summed E-state index contributed by atoms with van der Waals surface area (Å²) < 4.78 is 25.0. The molecular weight excluding hydrogens is 248 g/mol. The third-order valence-electron chi connectivity index (χ3n) is 2.68. The molecule has 2 rings (SSSR count). The van der Waals surface area contributed by atoms with Crippen molar-refractivity contribution in [2.45, 2.75) is 16.7 Å². The molecule has 2 aromatic rings. The van der Waals surface area contributed by atoms with Crippen LogP contribution in [0.15, 0.2) is 52.3 Å². The Morgan fingerprint density at radius 3 is 2.28 bits per heavy atom. The standard InChI is InChI=1S/C13H14N2O2S/c1-9-4-2-7-12(15)13(9)18(16,17)11-6-3-5-10(14)8-11/h2-8H,14-15H2,1H3. The predicted octanol–water partition coefficient (Wildman–Crippen LogP) is 1.99. The highest BCUT2D eigenvalue weighted by atomic mass is 32.2. The topological polar surface area (TPSA) is 86.2 Å². The average molecular weight is 262 g/mol. The summed E-state index contributed by atoms with van der Waals surface area (Å²) in [4.78, 5) is 0.305. The van der Waals surface area contributed by atoms with Crippen molar-refractivity contribution in [1.82, 2.24) is 0 Å². The zero-order valence-corrected chi connectivity index (χ0v) is 10.7. The first-order valence-corrected chi connectivity index (χ1v) is 6.87. The van der Waals surface area contributed by atoms with Crippen LogP contribution in [0.2, 0.25) is 0 Å². The van der Waals surface area contributed by atoms with Crippen LogP contribution in [0.3, 0.4) is 0 Å². The van der Waals surface area contributed by atoms with Gasteiger partial charge < -0.3 is 11.5 Å². The SMILES string of the molecule is Cc1cccc(N)c1S(=O)(=O)c1cccc(N)c1. The zero-order valence-electron chi connectivity index (χ0n) is 9.92. The van der Waals surface area contributed by atoms with Gasteiger partial charge in [-0.25, -0.2) is 8.42 Å². The van der Waals surface area contributed by atoms with Crippen molar-refractivity contribution in [3.05, 3.63) is 48.0 Å². The van der Waals surface area contributed by atoms with Gasteiger partial charge in [0.25, 0.3) is 0 Å². The highest BCUT2D eigenvalue weighted by Crippen LogP contribution is 2.29. The van der Waals surface area contributed by atoms with E-state index in [1.807, 2.05) is 0 Å². The van der Waals surface area contributed by atoms with Crippen molar-refractivity contribution >= 4 is 21.2 Å². The molecule has 0 fully saturated rings. The first kappa shape index (κ1) is 12.4. The summed E-state index contributed by atoms with van der Waals surface area (Å²) >= 11 is 0. The fraction of sp³-hybridized carbons (Fsp3) is 0.0769. The van der Waals surface area contributed by atoms with E-state index in [-0.39, 0.29) is 15.5 Å². The van der Waals surface area contributed by atoms with Crippen molar-refractivity contribution in [2.24, 2.45) is 0 Å². The lowest BCUT2D eigenvalue weighted by Crippen LogP contribution is -2.08. The quantitative estimate of drug-likeness (QED) is 0.810. The second kappa shape index (κ2) is 4.34. The second-order valence-electron chi connectivity index (χ2n) is 4.07. The number of aryl methyl sites for hydroxylation is 1. The van der Waals surface area contributed by atoms with E-state index in [4.69, 9.17) is 11.5 Å². The van der Waals surface area contributed by atoms with Crippen molar-refractivity contribution in [3.63, 3.8) is 0 Å². The Kier molecular flexibility index (Phi) is 3.00. The molecule has 0 unspecified atom stereocenters. The van der Waals surface area contributed by atoms with Gasteiger partial charge in [0, 0.05) is 5.69 Å². The summed E-state index contributed by atoms with van der Waals surface area (Å²) in [6.45, 7) is 1.72. The van der Waals surface area contributed by atoms with Gasteiger partial charge in [-0.05, 0) is 36.8 Å². The largest absolute Gasteiger partial charge is 0.399 e. The lowest BCUT2D eigenvalue weighted by Gasteiger charge is -2.10. The van der Waals surface area contributed by atoms with Crippen LogP contribution in [0.5, 0.6) is 0 Å². The van der Waals surface area contributed by atoms with E-state index >= 15 is 0 Å². The smallest absolute Gasteiger partial charge is 0.208 e. The number of sulfone groups is 1. The maximum absolute atomic E-state index is 12.5. The van der Waals surface area contributed by atoms with E-state index in [0.29, 0.717) is 11.3 Å². The number of hydrogen-bond acceptors (Lipinski definition) is 4. The van der Waals surface area contributed by atoms with Gasteiger partial charge in [-0.2, -0.15) is 0 Å². The summed E-state index contributed by atoms with van der Waals surface area (Å²) in [5.41, 5.74) is 12.7. The molecule has 2 aromatic carbocycles. The fourth-order valence-electron chi connectivity index (χ4n) is 1.84. The third-order valence-corrected chi connectivity index (χ3v) is 4.65. The summed E-state index contributed by atoms with van der Waals surface area (Å²) in [5, 5.41) is 0. The molecule has 0 heterocycles. The second-order valence-corrected chi connectivity index (χ2v) is 5.96. The van der Waals surface area contributed by atoms with E-state index < -0.39 is 9.84 Å². The molecule has 0 radical (unpaired) electrons. The molecule has 0 aliphatic heterocycles. The van der Waals surface area contributed by atoms with Crippen molar-refractivity contribution in [3.8, 4) is 0 Å². The predicted molar refractivity (Wildman–Crippen MR) is 71.9 cm³/mol. The first-order chi connectivity index (χ1) is 8.43. The molecule has 0 aromatic heterocycles. The van der Waals surface area contributed by atoms with Crippen molar-refractivity contribution < 1.29 is 8.42 Å². The molecular formula is C13H14N2O2S. The number of nitrogen functional groups attached to an aromatic ring is 2. The number of hydrogen-bond donors (Lipinski definition) is 2. The Bertz CT molecular complexity index is 674. The lowest BCUT2D eigenvalue weighted by molar-refractivity contribution is 0.596. The Balaban J connectivity index is 2.70. The minimum absolute atomic E-state index is 0.149. The van der Waals surface area contributed by atoms with Crippen LogP contribution in [-0.4, -0.2) is 8.42 Å². The maximum atomic E-state index is 12.5. The molecule has 0 aliphatic rings. The number of rotatable bonds is 2. The highest BCUT2D eigenvalue weighted by Gasteiger charge is 2.22. The van der Waals surface area contributed by atoms with Gasteiger partial charge in [0.05, 0.1) is 15.5 Å². The number of anilines is 2. The molecule has 0 spiro atoms. The van der Waals surface area contributed by atoms with E-state index in [1.165, 1.54) is 12.1 Å². The third kappa shape index (κ3) is 2.04. The first-order valence-electron chi connectivity index (χ1n) is 5.38. The maximum Gasteiger partial charge on any atom is 0.208 e. The average Bonchev–Trinajstić information content (AvgIpc) is 2.28. The van der Waals surface area contributed by atoms with Gasteiger partial charge >= 0.3 is 0 Å². The molecule has 94 valence electrons. The monoisotopic (exact) mass is 262 g/mol. The van der Waals surface area contributed by atoms with Gasteiger partial charge in [0.2, 0.25) is 9.84 Å². The normalized spacial score (nSPS) is 11.4. The molecule has 4 nitrogen and oxygen atoms in total. The van der Waals surface area contributed by atoms with E-state index in [9.17, 15) is 8.42 Å². The minimum Gasteiger partial charge on any atom is -0.399 e. The molecule has 0 saturated heterocycles. The van der Waals surface area contributed by atoms with E-state index in [1.54, 1.807) is 37.3 Å².